The quantitative estimate of drug-likeness (QED) is 0.613. The summed E-state index contributed by atoms with van der Waals surface area (Å²) in [5.74, 6) is 5.72. The van der Waals surface area contributed by atoms with Gasteiger partial charge in [0.2, 0.25) is 0 Å². The summed E-state index contributed by atoms with van der Waals surface area (Å²) in [4.78, 5) is 0. The zero-order valence-corrected chi connectivity index (χ0v) is 14.0. The first-order valence-electron chi connectivity index (χ1n) is 6.20. The molecule has 20 heavy (non-hydrogen) atoms. The van der Waals surface area contributed by atoms with Crippen LogP contribution in [-0.2, 0) is 6.54 Å². The predicted molar refractivity (Wildman–Crippen MR) is 85.8 cm³/mol. The second-order valence-corrected chi connectivity index (χ2v) is 6.16. The number of nitrogens with zero attached hydrogens (tertiary/aromatic N) is 2. The van der Waals surface area contributed by atoms with Crippen molar-refractivity contribution >= 4 is 39.1 Å². The van der Waals surface area contributed by atoms with Crippen molar-refractivity contribution in [1.29, 1.82) is 0 Å². The number of nitrogens with two attached hydrogens (primary N) is 1. The highest BCUT2D eigenvalue weighted by Crippen LogP contribution is 2.31. The molecule has 108 valence electrons. The van der Waals surface area contributed by atoms with Gasteiger partial charge >= 0.3 is 0 Å². The van der Waals surface area contributed by atoms with E-state index in [0.717, 1.165) is 28.7 Å². The van der Waals surface area contributed by atoms with Gasteiger partial charge in [-0.3, -0.25) is 10.5 Å². The largest absolute Gasteiger partial charge is 0.271 e. The topological polar surface area (TPSA) is 55.9 Å². The molecule has 0 aliphatic carbocycles. The van der Waals surface area contributed by atoms with Crippen molar-refractivity contribution in [3.8, 4) is 0 Å². The molecule has 1 aromatic heterocycles. The summed E-state index contributed by atoms with van der Waals surface area (Å²) in [6, 6.07) is 5.36. The smallest absolute Gasteiger partial charge is 0.0894 e. The predicted octanol–water partition coefficient (Wildman–Crippen LogP) is 3.92. The second-order valence-electron chi connectivity index (χ2n) is 4.40. The second kappa shape index (κ2) is 6.91. The van der Waals surface area contributed by atoms with E-state index < -0.39 is 0 Å². The fourth-order valence-electron chi connectivity index (χ4n) is 2.12. The number of rotatable bonds is 5. The van der Waals surface area contributed by atoms with Crippen LogP contribution in [0.2, 0.25) is 10.0 Å². The van der Waals surface area contributed by atoms with Gasteiger partial charge in [0.1, 0.15) is 0 Å². The third-order valence-electron chi connectivity index (χ3n) is 2.93. The van der Waals surface area contributed by atoms with Crippen molar-refractivity contribution in [3.05, 3.63) is 50.2 Å². The van der Waals surface area contributed by atoms with Gasteiger partial charge in [-0.1, -0.05) is 46.1 Å². The number of aryl methyl sites for hydroxylation is 1. The van der Waals surface area contributed by atoms with Crippen LogP contribution in [0, 0.1) is 0 Å². The lowest BCUT2D eigenvalue weighted by molar-refractivity contribution is 0.521. The zero-order chi connectivity index (χ0) is 14.7. The molecule has 2 rings (SSSR count). The molecule has 0 amide bonds. The molecule has 0 saturated heterocycles. The maximum absolute atomic E-state index is 6.26. The molecule has 4 nitrogen and oxygen atoms in total. The van der Waals surface area contributed by atoms with Crippen molar-refractivity contribution in [3.63, 3.8) is 0 Å². The molecule has 2 aromatic rings. The van der Waals surface area contributed by atoms with Gasteiger partial charge in [-0.05, 0) is 30.2 Å². The number of hydrogen-bond acceptors (Lipinski definition) is 3. The standard InChI is InChI=1S/C13H15BrCl2N4/c1-2-3-20-13(11(16)7-18-20)12(19-17)8-4-9(14)6-10(15)5-8/h4-7,12,19H,2-3,17H2,1H3. The summed E-state index contributed by atoms with van der Waals surface area (Å²) < 4.78 is 2.75. The number of nitrogens with one attached hydrogen (secondary N) is 1. The van der Waals surface area contributed by atoms with E-state index in [0.29, 0.717) is 10.0 Å². The molecule has 0 radical (unpaired) electrons. The fourth-order valence-corrected chi connectivity index (χ4v) is 3.26. The molecule has 0 saturated carbocycles. The van der Waals surface area contributed by atoms with Gasteiger partial charge in [-0.15, -0.1) is 0 Å². The molecular weight excluding hydrogens is 363 g/mol. The van der Waals surface area contributed by atoms with Gasteiger partial charge in [-0.2, -0.15) is 5.10 Å². The minimum absolute atomic E-state index is 0.272. The molecule has 7 heteroatoms. The van der Waals surface area contributed by atoms with Gasteiger partial charge in [0, 0.05) is 16.0 Å². The Labute approximate surface area is 136 Å². The highest BCUT2D eigenvalue weighted by molar-refractivity contribution is 9.10. The Morgan fingerprint density at radius 2 is 2.15 bits per heavy atom. The van der Waals surface area contributed by atoms with Crippen LogP contribution in [0.4, 0.5) is 0 Å². The monoisotopic (exact) mass is 376 g/mol. The van der Waals surface area contributed by atoms with Crippen LogP contribution >= 0.6 is 39.1 Å². The fraction of sp³-hybridized carbons (Fsp3) is 0.308. The number of hydrogen-bond donors (Lipinski definition) is 2. The first-order chi connectivity index (χ1) is 9.56. The lowest BCUT2D eigenvalue weighted by Gasteiger charge is -2.19. The van der Waals surface area contributed by atoms with Crippen LogP contribution in [-0.4, -0.2) is 9.78 Å². The lowest BCUT2D eigenvalue weighted by atomic mass is 10.0. The summed E-state index contributed by atoms with van der Waals surface area (Å²) in [7, 11) is 0. The van der Waals surface area contributed by atoms with Gasteiger partial charge in [-0.25, -0.2) is 5.43 Å². The molecular formula is C13H15BrCl2N4. The van der Waals surface area contributed by atoms with Crippen LogP contribution in [0.15, 0.2) is 28.9 Å². The number of aromatic nitrogens is 2. The summed E-state index contributed by atoms with van der Waals surface area (Å²) in [5.41, 5.74) is 4.55. The van der Waals surface area contributed by atoms with Gasteiger partial charge in [0.05, 0.1) is 23.0 Å². The maximum Gasteiger partial charge on any atom is 0.0894 e. The van der Waals surface area contributed by atoms with Crippen molar-refractivity contribution in [2.75, 3.05) is 0 Å². The Morgan fingerprint density at radius 3 is 2.75 bits per heavy atom. The summed E-state index contributed by atoms with van der Waals surface area (Å²) in [5, 5.41) is 5.50. The molecule has 0 spiro atoms. The van der Waals surface area contributed by atoms with Crippen molar-refractivity contribution in [1.82, 2.24) is 15.2 Å². The molecule has 3 N–H and O–H groups in total. The average Bonchev–Trinajstić information content (AvgIpc) is 2.72. The molecule has 0 aliphatic heterocycles. The normalized spacial score (nSPS) is 12.7. The van der Waals surface area contributed by atoms with Gasteiger partial charge < -0.3 is 0 Å². The van der Waals surface area contributed by atoms with E-state index >= 15 is 0 Å². The first-order valence-corrected chi connectivity index (χ1v) is 7.75. The summed E-state index contributed by atoms with van der Waals surface area (Å²) in [6.45, 7) is 2.86. The summed E-state index contributed by atoms with van der Waals surface area (Å²) in [6.07, 6.45) is 2.60. The maximum atomic E-state index is 6.26. The van der Waals surface area contributed by atoms with E-state index in [9.17, 15) is 0 Å². The number of halogens is 3. The van der Waals surface area contributed by atoms with E-state index in [1.54, 1.807) is 6.20 Å². The van der Waals surface area contributed by atoms with E-state index in [2.05, 4.69) is 33.4 Å². The van der Waals surface area contributed by atoms with Gasteiger partial charge in [0.25, 0.3) is 0 Å². The zero-order valence-electron chi connectivity index (χ0n) is 10.9. The highest BCUT2D eigenvalue weighted by atomic mass is 79.9. The molecule has 1 unspecified atom stereocenters. The Balaban J connectivity index is 2.49. The van der Waals surface area contributed by atoms with Crippen molar-refractivity contribution < 1.29 is 0 Å². The SMILES string of the molecule is CCCn1ncc(Cl)c1C(NN)c1cc(Cl)cc(Br)c1. The third kappa shape index (κ3) is 3.35. The van der Waals surface area contributed by atoms with Crippen LogP contribution in [0.25, 0.3) is 0 Å². The van der Waals surface area contributed by atoms with Crippen molar-refractivity contribution in [2.45, 2.75) is 25.9 Å². The molecule has 0 aliphatic rings. The van der Waals surface area contributed by atoms with Crippen LogP contribution in [0.1, 0.15) is 30.6 Å². The van der Waals surface area contributed by atoms with Crippen LogP contribution in [0.3, 0.4) is 0 Å². The molecule has 0 fully saturated rings. The van der Waals surface area contributed by atoms with E-state index in [4.69, 9.17) is 29.0 Å². The van der Waals surface area contributed by atoms with Crippen LogP contribution in [0.5, 0.6) is 0 Å². The highest BCUT2D eigenvalue weighted by Gasteiger charge is 2.21. The number of hydrazine groups is 1. The minimum Gasteiger partial charge on any atom is -0.271 e. The minimum atomic E-state index is -0.272. The summed E-state index contributed by atoms with van der Waals surface area (Å²) >= 11 is 15.8. The molecule has 1 aromatic carbocycles. The Morgan fingerprint density at radius 1 is 1.40 bits per heavy atom. The Kier molecular flexibility index (Phi) is 5.46. The van der Waals surface area contributed by atoms with Crippen molar-refractivity contribution in [2.24, 2.45) is 5.84 Å². The lowest BCUT2D eigenvalue weighted by Crippen LogP contribution is -2.31. The molecule has 1 atom stereocenters. The van der Waals surface area contributed by atoms with Gasteiger partial charge in [0.15, 0.2) is 0 Å². The van der Waals surface area contributed by atoms with E-state index in [-0.39, 0.29) is 6.04 Å². The number of benzene rings is 1. The first kappa shape index (κ1) is 15.8. The van der Waals surface area contributed by atoms with E-state index in [1.165, 1.54) is 0 Å². The Hall–Kier alpha value is -0.590. The molecule has 1 heterocycles. The van der Waals surface area contributed by atoms with E-state index in [1.807, 2.05) is 22.9 Å². The third-order valence-corrected chi connectivity index (χ3v) is 3.89. The Bertz CT molecular complexity index is 580. The van der Waals surface area contributed by atoms with Crippen LogP contribution < -0.4 is 11.3 Å². The molecule has 0 bridgehead atoms. The average molecular weight is 378 g/mol.